The number of nitrogens with zero attached hydrogens (tertiary/aromatic N) is 1. The van der Waals surface area contributed by atoms with Crippen molar-refractivity contribution in [1.82, 2.24) is 10.3 Å². The van der Waals surface area contributed by atoms with Crippen molar-refractivity contribution in [2.45, 2.75) is 51.0 Å². The third-order valence-electron chi connectivity index (χ3n) is 5.06. The molecule has 1 unspecified atom stereocenters. The molecule has 2 aromatic rings. The molecule has 3 rings (SSSR count). The highest BCUT2D eigenvalue weighted by atomic mass is 35.5. The van der Waals surface area contributed by atoms with Crippen LogP contribution in [0.3, 0.4) is 0 Å². The number of hydrogen-bond donors (Lipinski definition) is 2. The van der Waals surface area contributed by atoms with Gasteiger partial charge in [0, 0.05) is 22.3 Å². The summed E-state index contributed by atoms with van der Waals surface area (Å²) in [5, 5.41) is 5.97. The highest BCUT2D eigenvalue weighted by molar-refractivity contribution is 7.09. The summed E-state index contributed by atoms with van der Waals surface area (Å²) in [6, 6.07) is 4.24. The number of nitrogens with two attached hydrogens (primary N) is 1. The third kappa shape index (κ3) is 5.53. The second-order valence-corrected chi connectivity index (χ2v) is 8.48. The van der Waals surface area contributed by atoms with Crippen LogP contribution in [0.2, 0.25) is 5.02 Å². The van der Waals surface area contributed by atoms with Crippen LogP contribution < -0.4 is 11.1 Å². The molecule has 3 N–H and O–H groups in total. The molecule has 5 nitrogen and oxygen atoms in total. The number of nitrogen functional groups attached to an aromatic ring is 1. The topological polar surface area (TPSA) is 85.1 Å². The average molecular weight is 406 g/mol. The van der Waals surface area contributed by atoms with Crippen LogP contribution in [0, 0.1) is 5.92 Å². The minimum absolute atomic E-state index is 0.00975. The van der Waals surface area contributed by atoms with Gasteiger partial charge >= 0.3 is 0 Å². The van der Waals surface area contributed by atoms with Gasteiger partial charge in [0.2, 0.25) is 0 Å². The van der Waals surface area contributed by atoms with Gasteiger partial charge in [0.1, 0.15) is 0 Å². The molecule has 0 spiro atoms. The third-order valence-corrected chi connectivity index (χ3v) is 6.07. The standard InChI is InChI=1S/C20H24ClN3O2S/c21-14-6-7-16(22)15(11-14)20(26)24-17(10-13-4-2-1-3-5-13)18(25)12-19-23-8-9-27-19/h6-9,11,13,17H,1-5,10,12,22H2,(H,24,26). The van der Waals surface area contributed by atoms with Gasteiger partial charge in [-0.25, -0.2) is 4.98 Å². The number of anilines is 1. The van der Waals surface area contributed by atoms with Crippen LogP contribution >= 0.6 is 22.9 Å². The summed E-state index contributed by atoms with van der Waals surface area (Å²) in [4.78, 5) is 29.9. The smallest absolute Gasteiger partial charge is 0.254 e. The monoisotopic (exact) mass is 405 g/mol. The van der Waals surface area contributed by atoms with Gasteiger partial charge < -0.3 is 11.1 Å². The molecule has 1 aliphatic rings. The molecule has 0 radical (unpaired) electrons. The number of carbonyl (C=O) groups excluding carboxylic acids is 2. The van der Waals surface area contributed by atoms with E-state index in [1.165, 1.54) is 36.7 Å². The zero-order valence-corrected chi connectivity index (χ0v) is 16.7. The number of halogens is 1. The number of carbonyl (C=O) groups is 2. The molecule has 7 heteroatoms. The average Bonchev–Trinajstić information content (AvgIpc) is 3.17. The maximum atomic E-state index is 12.9. The molecule has 1 atom stereocenters. The first-order chi connectivity index (χ1) is 13.0. The van der Waals surface area contributed by atoms with Crippen molar-refractivity contribution in [3.63, 3.8) is 0 Å². The first kappa shape index (κ1) is 19.8. The summed E-state index contributed by atoms with van der Waals surface area (Å²) in [6.45, 7) is 0. The lowest BCUT2D eigenvalue weighted by Gasteiger charge is -2.26. The maximum Gasteiger partial charge on any atom is 0.254 e. The minimum Gasteiger partial charge on any atom is -0.398 e. The van der Waals surface area contributed by atoms with Crippen molar-refractivity contribution >= 4 is 40.3 Å². The predicted octanol–water partition coefficient (Wildman–Crippen LogP) is 4.26. The Morgan fingerprint density at radius 1 is 1.30 bits per heavy atom. The number of thiazole rings is 1. The molecule has 1 aromatic carbocycles. The quantitative estimate of drug-likeness (QED) is 0.674. The van der Waals surface area contributed by atoms with E-state index in [0.29, 0.717) is 28.6 Å². The predicted molar refractivity (Wildman–Crippen MR) is 109 cm³/mol. The summed E-state index contributed by atoms with van der Waals surface area (Å²) in [5.74, 6) is 0.0915. The highest BCUT2D eigenvalue weighted by Gasteiger charge is 2.27. The molecular weight excluding hydrogens is 382 g/mol. The molecule has 144 valence electrons. The van der Waals surface area contributed by atoms with Gasteiger partial charge in [-0.2, -0.15) is 0 Å². The van der Waals surface area contributed by atoms with E-state index in [1.54, 1.807) is 18.3 Å². The second-order valence-electron chi connectivity index (χ2n) is 7.07. The summed E-state index contributed by atoms with van der Waals surface area (Å²) in [6.07, 6.45) is 8.43. The van der Waals surface area contributed by atoms with Gasteiger partial charge in [0.15, 0.2) is 5.78 Å². The molecule has 1 fully saturated rings. The Bertz CT molecular complexity index is 789. The van der Waals surface area contributed by atoms with Gasteiger partial charge in [0.25, 0.3) is 5.91 Å². The summed E-state index contributed by atoms with van der Waals surface area (Å²) in [5.41, 5.74) is 6.58. The molecule has 1 aliphatic carbocycles. The van der Waals surface area contributed by atoms with Crippen molar-refractivity contribution in [1.29, 1.82) is 0 Å². The Morgan fingerprint density at radius 3 is 2.78 bits per heavy atom. The van der Waals surface area contributed by atoms with Crippen molar-refractivity contribution in [3.05, 3.63) is 45.4 Å². The Morgan fingerprint density at radius 2 is 2.07 bits per heavy atom. The number of hydrogen-bond acceptors (Lipinski definition) is 5. The van der Waals surface area contributed by atoms with Crippen LogP contribution in [0.25, 0.3) is 0 Å². The Hall–Kier alpha value is -1.92. The summed E-state index contributed by atoms with van der Waals surface area (Å²) in [7, 11) is 0. The lowest BCUT2D eigenvalue weighted by molar-refractivity contribution is -0.120. The van der Waals surface area contributed by atoms with Gasteiger partial charge in [-0.1, -0.05) is 43.7 Å². The number of aromatic nitrogens is 1. The number of amides is 1. The summed E-state index contributed by atoms with van der Waals surface area (Å²) < 4.78 is 0. The Balaban J connectivity index is 1.74. The van der Waals surface area contributed by atoms with E-state index in [0.717, 1.165) is 17.8 Å². The van der Waals surface area contributed by atoms with Crippen LogP contribution in [0.5, 0.6) is 0 Å². The highest BCUT2D eigenvalue weighted by Crippen LogP contribution is 2.28. The fourth-order valence-electron chi connectivity index (χ4n) is 3.60. The lowest BCUT2D eigenvalue weighted by Crippen LogP contribution is -2.43. The van der Waals surface area contributed by atoms with Gasteiger partial charge in [0.05, 0.1) is 23.0 Å². The lowest BCUT2D eigenvalue weighted by atomic mass is 9.83. The Kier molecular flexibility index (Phi) is 6.85. The molecule has 1 amide bonds. The van der Waals surface area contributed by atoms with E-state index in [1.807, 2.05) is 5.38 Å². The van der Waals surface area contributed by atoms with Gasteiger partial charge in [-0.15, -0.1) is 11.3 Å². The SMILES string of the molecule is Nc1ccc(Cl)cc1C(=O)NC(CC1CCCCC1)C(=O)Cc1nccs1. The van der Waals surface area contributed by atoms with E-state index in [4.69, 9.17) is 17.3 Å². The maximum absolute atomic E-state index is 12.9. The van der Waals surface area contributed by atoms with Gasteiger partial charge in [-0.05, 0) is 30.5 Å². The van der Waals surface area contributed by atoms with Crippen LogP contribution in [-0.4, -0.2) is 22.7 Å². The molecule has 0 aliphatic heterocycles. The molecule has 27 heavy (non-hydrogen) atoms. The van der Waals surface area contributed by atoms with Crippen molar-refractivity contribution in [2.75, 3.05) is 5.73 Å². The largest absolute Gasteiger partial charge is 0.398 e. The Labute approximate surface area is 168 Å². The first-order valence-electron chi connectivity index (χ1n) is 9.30. The number of benzene rings is 1. The van der Waals surface area contributed by atoms with Gasteiger partial charge in [-0.3, -0.25) is 9.59 Å². The van der Waals surface area contributed by atoms with E-state index in [2.05, 4.69) is 10.3 Å². The molecule has 0 bridgehead atoms. The fourth-order valence-corrected chi connectivity index (χ4v) is 4.40. The molecule has 1 aromatic heterocycles. The van der Waals surface area contributed by atoms with E-state index >= 15 is 0 Å². The number of nitrogens with one attached hydrogen (secondary N) is 1. The van der Waals surface area contributed by atoms with Crippen LogP contribution in [0.4, 0.5) is 5.69 Å². The van der Waals surface area contributed by atoms with E-state index in [9.17, 15) is 9.59 Å². The fraction of sp³-hybridized carbons (Fsp3) is 0.450. The zero-order valence-electron chi connectivity index (χ0n) is 15.1. The van der Waals surface area contributed by atoms with E-state index in [-0.39, 0.29) is 18.1 Å². The second kappa shape index (κ2) is 9.33. The van der Waals surface area contributed by atoms with Crippen LogP contribution in [0.1, 0.15) is 53.9 Å². The molecule has 1 heterocycles. The first-order valence-corrected chi connectivity index (χ1v) is 10.6. The van der Waals surface area contributed by atoms with E-state index < -0.39 is 6.04 Å². The van der Waals surface area contributed by atoms with Crippen molar-refractivity contribution in [3.8, 4) is 0 Å². The zero-order chi connectivity index (χ0) is 19.2. The number of ketones is 1. The molecular formula is C20H24ClN3O2S. The number of Topliss-reactive ketones (excluding diaryl/α,β-unsaturated/α-hetero) is 1. The van der Waals surface area contributed by atoms with Crippen LogP contribution in [-0.2, 0) is 11.2 Å². The number of rotatable bonds is 7. The van der Waals surface area contributed by atoms with Crippen LogP contribution in [0.15, 0.2) is 29.8 Å². The minimum atomic E-state index is -0.539. The molecule has 1 saturated carbocycles. The van der Waals surface area contributed by atoms with Crippen molar-refractivity contribution < 1.29 is 9.59 Å². The van der Waals surface area contributed by atoms with Crippen molar-refractivity contribution in [2.24, 2.45) is 5.92 Å². The molecule has 0 saturated heterocycles. The normalized spacial score (nSPS) is 16.0. The summed E-state index contributed by atoms with van der Waals surface area (Å²) >= 11 is 7.45.